The van der Waals surface area contributed by atoms with E-state index in [0.717, 1.165) is 29.3 Å². The fraction of sp³-hybridized carbons (Fsp3) is 0.115. The maximum atomic E-state index is 4.77. The van der Waals surface area contributed by atoms with E-state index in [0.29, 0.717) is 0 Å². The van der Waals surface area contributed by atoms with Crippen LogP contribution in [-0.2, 0) is 6.54 Å². The Morgan fingerprint density at radius 3 is 2.17 bits per heavy atom. The summed E-state index contributed by atoms with van der Waals surface area (Å²) in [6.07, 6.45) is 7.73. The average molecular weight is 390 g/mol. The van der Waals surface area contributed by atoms with Crippen molar-refractivity contribution in [2.24, 2.45) is 0 Å². The Kier molecular flexibility index (Phi) is 4.60. The van der Waals surface area contributed by atoms with Crippen LogP contribution in [0.1, 0.15) is 16.7 Å². The van der Waals surface area contributed by atoms with Gasteiger partial charge in [-0.3, -0.25) is 4.98 Å². The first kappa shape index (κ1) is 18.3. The van der Waals surface area contributed by atoms with Crippen molar-refractivity contribution in [2.75, 3.05) is 0 Å². The van der Waals surface area contributed by atoms with E-state index in [9.17, 15) is 0 Å². The molecular formula is C26H22N4. The quantitative estimate of drug-likeness (QED) is 0.391. The van der Waals surface area contributed by atoms with E-state index in [-0.39, 0.29) is 0 Å². The van der Waals surface area contributed by atoms with Gasteiger partial charge in [0.2, 0.25) is 0 Å². The number of fused-ring (bicyclic) bond motifs is 1. The lowest BCUT2D eigenvalue weighted by Gasteiger charge is -2.07. The minimum atomic E-state index is 0.762. The summed E-state index contributed by atoms with van der Waals surface area (Å²) >= 11 is 0. The van der Waals surface area contributed by atoms with E-state index in [1.54, 1.807) is 0 Å². The van der Waals surface area contributed by atoms with Crippen molar-refractivity contribution in [1.82, 2.24) is 19.5 Å². The van der Waals surface area contributed by atoms with Crippen LogP contribution in [0.5, 0.6) is 0 Å². The average Bonchev–Trinajstić information content (AvgIpc) is 3.20. The smallest absolute Gasteiger partial charge is 0.160 e. The van der Waals surface area contributed by atoms with Gasteiger partial charge in [-0.25, -0.2) is 9.97 Å². The number of benzene rings is 2. The van der Waals surface area contributed by atoms with Crippen LogP contribution in [0.25, 0.3) is 33.9 Å². The van der Waals surface area contributed by atoms with Crippen molar-refractivity contribution in [2.45, 2.75) is 20.4 Å². The maximum Gasteiger partial charge on any atom is 0.160 e. The Labute approximate surface area is 176 Å². The SMILES string of the molecule is Cc1ccc(-c2ccc(-c3nc4ccn(Cc5ccncc5)cc-4n3)cc2)cc1C. The molecule has 0 fully saturated rings. The summed E-state index contributed by atoms with van der Waals surface area (Å²) in [6, 6.07) is 21.1. The van der Waals surface area contributed by atoms with Crippen LogP contribution >= 0.6 is 0 Å². The van der Waals surface area contributed by atoms with Gasteiger partial charge in [0.25, 0.3) is 0 Å². The fourth-order valence-corrected chi connectivity index (χ4v) is 3.61. The van der Waals surface area contributed by atoms with Crippen LogP contribution in [0.15, 0.2) is 85.5 Å². The van der Waals surface area contributed by atoms with Gasteiger partial charge in [0.05, 0.1) is 5.69 Å². The van der Waals surface area contributed by atoms with E-state index >= 15 is 0 Å². The Bertz CT molecular complexity index is 1270. The molecule has 0 atom stereocenters. The van der Waals surface area contributed by atoms with Gasteiger partial charge >= 0.3 is 0 Å². The molecule has 4 nitrogen and oxygen atoms in total. The summed E-state index contributed by atoms with van der Waals surface area (Å²) in [5.41, 5.74) is 9.10. The molecule has 0 radical (unpaired) electrons. The van der Waals surface area contributed by atoms with Crippen LogP contribution < -0.4 is 0 Å². The molecule has 0 saturated carbocycles. The predicted molar refractivity (Wildman–Crippen MR) is 120 cm³/mol. The standard InChI is InChI=1S/C26H22N4/c1-18-3-4-23(15-19(18)2)21-5-7-22(8-6-21)26-28-24-11-14-30(17-25(24)29-26)16-20-9-12-27-13-10-20/h3-15,17H,16H2,1-2H3. The first-order valence-corrected chi connectivity index (χ1v) is 10.1. The molecule has 30 heavy (non-hydrogen) atoms. The van der Waals surface area contributed by atoms with Gasteiger partial charge in [0.1, 0.15) is 5.69 Å². The number of aryl methyl sites for hydroxylation is 2. The Balaban J connectivity index is 1.42. The van der Waals surface area contributed by atoms with Crippen molar-refractivity contribution in [3.05, 3.63) is 102 Å². The lowest BCUT2D eigenvalue weighted by atomic mass is 9.99. The molecule has 5 rings (SSSR count). The molecule has 0 unspecified atom stereocenters. The molecular weight excluding hydrogens is 368 g/mol. The summed E-state index contributed by atoms with van der Waals surface area (Å²) in [5.74, 6) is 0.762. The second-order valence-corrected chi connectivity index (χ2v) is 7.67. The van der Waals surface area contributed by atoms with Gasteiger partial charge < -0.3 is 4.57 Å². The Morgan fingerprint density at radius 1 is 0.700 bits per heavy atom. The number of aromatic nitrogens is 4. The van der Waals surface area contributed by atoms with Crippen LogP contribution in [-0.4, -0.2) is 19.5 Å². The highest BCUT2D eigenvalue weighted by Gasteiger charge is 2.13. The monoisotopic (exact) mass is 390 g/mol. The summed E-state index contributed by atoms with van der Waals surface area (Å²) < 4.78 is 2.12. The van der Waals surface area contributed by atoms with Gasteiger partial charge in [-0.05, 0) is 59.9 Å². The molecule has 0 N–H and O–H groups in total. The van der Waals surface area contributed by atoms with Crippen LogP contribution in [0.3, 0.4) is 0 Å². The van der Waals surface area contributed by atoms with Crippen molar-refractivity contribution in [3.8, 4) is 33.9 Å². The number of rotatable bonds is 4. The summed E-state index contributed by atoms with van der Waals surface area (Å²) in [4.78, 5) is 13.6. The van der Waals surface area contributed by atoms with Gasteiger partial charge in [-0.15, -0.1) is 0 Å². The van der Waals surface area contributed by atoms with Crippen LogP contribution in [0, 0.1) is 13.8 Å². The van der Waals surface area contributed by atoms with Crippen LogP contribution in [0.2, 0.25) is 0 Å². The molecule has 3 aromatic rings. The maximum absolute atomic E-state index is 4.77. The molecule has 0 saturated heterocycles. The van der Waals surface area contributed by atoms with Gasteiger partial charge in [-0.1, -0.05) is 42.5 Å². The van der Waals surface area contributed by atoms with Gasteiger partial charge in [-0.2, -0.15) is 0 Å². The third-order valence-corrected chi connectivity index (χ3v) is 5.52. The summed E-state index contributed by atoms with van der Waals surface area (Å²) in [5, 5.41) is 0. The number of pyridine rings is 2. The molecule has 2 aliphatic heterocycles. The van der Waals surface area contributed by atoms with Gasteiger partial charge in [0, 0.05) is 36.9 Å². The van der Waals surface area contributed by atoms with Crippen molar-refractivity contribution < 1.29 is 0 Å². The lowest BCUT2D eigenvalue weighted by Crippen LogP contribution is -2.00. The normalized spacial score (nSPS) is 11.1. The molecule has 0 aliphatic carbocycles. The molecule has 3 heterocycles. The number of nitrogens with zero attached hydrogens (tertiary/aromatic N) is 4. The highest BCUT2D eigenvalue weighted by Crippen LogP contribution is 2.28. The molecule has 4 heteroatoms. The third kappa shape index (κ3) is 3.60. The first-order valence-electron chi connectivity index (χ1n) is 10.1. The Hall–Kier alpha value is -3.79. The number of imidazole rings is 1. The van der Waals surface area contributed by atoms with Crippen molar-refractivity contribution in [1.29, 1.82) is 0 Å². The molecule has 2 aromatic carbocycles. The minimum absolute atomic E-state index is 0.762. The lowest BCUT2D eigenvalue weighted by molar-refractivity contribution is 0.788. The van der Waals surface area contributed by atoms with E-state index in [1.165, 1.54) is 27.8 Å². The number of hydrogen-bond donors (Lipinski definition) is 0. The molecule has 146 valence electrons. The molecule has 0 bridgehead atoms. The summed E-state index contributed by atoms with van der Waals surface area (Å²) in [7, 11) is 0. The fourth-order valence-electron chi connectivity index (χ4n) is 3.61. The summed E-state index contributed by atoms with van der Waals surface area (Å²) in [6.45, 7) is 5.07. The molecule has 1 aromatic heterocycles. The van der Waals surface area contributed by atoms with Gasteiger partial charge in [0.15, 0.2) is 5.82 Å². The second kappa shape index (κ2) is 7.56. The van der Waals surface area contributed by atoms with E-state index in [2.05, 4.69) is 72.1 Å². The zero-order valence-electron chi connectivity index (χ0n) is 17.1. The third-order valence-electron chi connectivity index (χ3n) is 5.52. The predicted octanol–water partition coefficient (Wildman–Crippen LogP) is 5.78. The van der Waals surface area contributed by atoms with E-state index < -0.39 is 0 Å². The highest BCUT2D eigenvalue weighted by atomic mass is 15.0. The topological polar surface area (TPSA) is 43.6 Å². The Morgan fingerprint density at radius 2 is 1.40 bits per heavy atom. The van der Waals surface area contributed by atoms with E-state index in [4.69, 9.17) is 9.97 Å². The zero-order chi connectivity index (χ0) is 20.5. The molecule has 0 amide bonds. The molecule has 2 aliphatic rings. The van der Waals surface area contributed by atoms with Crippen LogP contribution in [0.4, 0.5) is 0 Å². The molecule has 0 spiro atoms. The minimum Gasteiger partial charge on any atom is -0.348 e. The zero-order valence-corrected chi connectivity index (χ0v) is 17.1. The second-order valence-electron chi connectivity index (χ2n) is 7.67. The van der Waals surface area contributed by atoms with E-state index in [1.807, 2.05) is 36.8 Å². The van der Waals surface area contributed by atoms with Crippen molar-refractivity contribution in [3.63, 3.8) is 0 Å². The largest absolute Gasteiger partial charge is 0.348 e. The number of hydrogen-bond acceptors (Lipinski definition) is 3. The van der Waals surface area contributed by atoms with Crippen molar-refractivity contribution >= 4 is 0 Å². The highest BCUT2D eigenvalue weighted by molar-refractivity contribution is 5.71. The first-order chi connectivity index (χ1) is 14.7.